The normalized spacial score (nSPS) is 21.2. The van der Waals surface area contributed by atoms with Crippen molar-refractivity contribution in [3.05, 3.63) is 6.92 Å². The molecule has 10 heavy (non-hydrogen) atoms. The maximum Gasteiger partial charge on any atom is 0.223 e. The summed E-state index contributed by atoms with van der Waals surface area (Å²) in [6, 6.07) is 0.288. The minimum Gasteiger partial charge on any atom is -0.343 e. The van der Waals surface area contributed by atoms with Crippen LogP contribution >= 0.6 is 0 Å². The summed E-state index contributed by atoms with van der Waals surface area (Å²) in [6.07, 6.45) is 1.84. The Morgan fingerprint density at radius 2 is 2.00 bits per heavy atom. The van der Waals surface area contributed by atoms with Crippen LogP contribution in [-0.2, 0) is 4.79 Å². The highest BCUT2D eigenvalue weighted by molar-refractivity contribution is 5.80. The predicted molar refractivity (Wildman–Crippen MR) is 39.1 cm³/mol. The maximum absolute atomic E-state index is 10.7. The molecule has 0 atom stereocenters. The van der Waals surface area contributed by atoms with Crippen LogP contribution in [0, 0.1) is 6.92 Å². The van der Waals surface area contributed by atoms with Crippen LogP contribution in [0.1, 0.15) is 12.8 Å². The number of carbonyl (C=O) groups is 1. The van der Waals surface area contributed by atoms with E-state index in [0.717, 1.165) is 25.9 Å². The molecule has 0 aliphatic carbocycles. The number of hydrogen-bond acceptors (Lipinski definition) is 2. The van der Waals surface area contributed by atoms with Crippen molar-refractivity contribution in [3.8, 4) is 0 Å². The van der Waals surface area contributed by atoms with Crippen molar-refractivity contribution in [1.82, 2.24) is 4.90 Å². The Kier molecular flexibility index (Phi) is 2.27. The van der Waals surface area contributed by atoms with Crippen molar-refractivity contribution in [1.29, 1.82) is 0 Å². The topological polar surface area (TPSA) is 46.3 Å². The van der Waals surface area contributed by atoms with E-state index in [2.05, 4.69) is 6.92 Å². The highest BCUT2D eigenvalue weighted by Gasteiger charge is 2.16. The molecule has 0 aromatic carbocycles. The van der Waals surface area contributed by atoms with Crippen LogP contribution in [0.2, 0.25) is 0 Å². The second kappa shape index (κ2) is 3.01. The largest absolute Gasteiger partial charge is 0.343 e. The summed E-state index contributed by atoms with van der Waals surface area (Å²) >= 11 is 0. The van der Waals surface area contributed by atoms with Crippen molar-refractivity contribution in [2.75, 3.05) is 13.1 Å². The molecule has 3 nitrogen and oxygen atoms in total. The molecule has 0 saturated carbocycles. The first-order valence-electron chi connectivity index (χ1n) is 3.56. The lowest BCUT2D eigenvalue weighted by atomic mass is 10.1. The van der Waals surface area contributed by atoms with Gasteiger partial charge in [-0.2, -0.15) is 0 Å². The molecule has 1 rings (SSSR count). The fraction of sp³-hybridized carbons (Fsp3) is 0.714. The van der Waals surface area contributed by atoms with Gasteiger partial charge < -0.3 is 10.6 Å². The van der Waals surface area contributed by atoms with E-state index < -0.39 is 0 Å². The van der Waals surface area contributed by atoms with Crippen LogP contribution in [0.3, 0.4) is 0 Å². The summed E-state index contributed by atoms with van der Waals surface area (Å²) in [5.74, 6) is -0.0769. The zero-order chi connectivity index (χ0) is 7.56. The van der Waals surface area contributed by atoms with Gasteiger partial charge in [0.05, 0.1) is 0 Å². The first kappa shape index (κ1) is 7.54. The molecule has 0 bridgehead atoms. The molecule has 57 valence electrons. The maximum atomic E-state index is 10.7. The molecule has 1 radical (unpaired) electrons. The number of piperidine rings is 1. The minimum absolute atomic E-state index is 0.0769. The number of hydrogen-bond donors (Lipinski definition) is 1. The van der Waals surface area contributed by atoms with Gasteiger partial charge in [0.15, 0.2) is 0 Å². The Morgan fingerprint density at radius 3 is 2.40 bits per heavy atom. The van der Waals surface area contributed by atoms with Gasteiger partial charge in [-0.3, -0.25) is 4.79 Å². The molecular weight excluding hydrogens is 128 g/mol. The van der Waals surface area contributed by atoms with Crippen molar-refractivity contribution < 1.29 is 4.79 Å². The molecule has 1 fully saturated rings. The Labute approximate surface area is 61.2 Å². The highest BCUT2D eigenvalue weighted by atomic mass is 16.2. The average Bonchev–Trinajstić information content (AvgIpc) is 1.88. The van der Waals surface area contributed by atoms with Gasteiger partial charge in [-0.25, -0.2) is 0 Å². The number of nitrogens with two attached hydrogens (primary N) is 1. The van der Waals surface area contributed by atoms with Crippen molar-refractivity contribution in [2.45, 2.75) is 18.9 Å². The summed E-state index contributed by atoms with van der Waals surface area (Å²) in [5, 5.41) is 0. The van der Waals surface area contributed by atoms with Gasteiger partial charge in [0.25, 0.3) is 0 Å². The van der Waals surface area contributed by atoms with Crippen LogP contribution in [0.15, 0.2) is 0 Å². The fourth-order valence-electron chi connectivity index (χ4n) is 1.15. The monoisotopic (exact) mass is 141 g/mol. The van der Waals surface area contributed by atoms with E-state index in [9.17, 15) is 4.79 Å². The van der Waals surface area contributed by atoms with E-state index >= 15 is 0 Å². The van der Waals surface area contributed by atoms with E-state index in [1.54, 1.807) is 4.90 Å². The van der Waals surface area contributed by atoms with Crippen LogP contribution in [0.25, 0.3) is 0 Å². The highest BCUT2D eigenvalue weighted by Crippen LogP contribution is 2.07. The van der Waals surface area contributed by atoms with Crippen LogP contribution < -0.4 is 5.73 Å². The van der Waals surface area contributed by atoms with E-state index in [1.165, 1.54) is 0 Å². The number of likely N-dealkylation sites (tertiary alicyclic amines) is 1. The third-order valence-corrected chi connectivity index (χ3v) is 1.89. The first-order valence-corrected chi connectivity index (χ1v) is 3.56. The molecule has 0 aromatic rings. The summed E-state index contributed by atoms with van der Waals surface area (Å²) in [7, 11) is 0. The molecule has 0 aromatic heterocycles. The lowest BCUT2D eigenvalue weighted by molar-refractivity contribution is -0.127. The second-order valence-electron chi connectivity index (χ2n) is 2.72. The van der Waals surface area contributed by atoms with Gasteiger partial charge in [0, 0.05) is 26.1 Å². The molecule has 0 spiro atoms. The lowest BCUT2D eigenvalue weighted by Crippen LogP contribution is -2.41. The Bertz CT molecular complexity index is 128. The van der Waals surface area contributed by atoms with Gasteiger partial charge >= 0.3 is 0 Å². The van der Waals surface area contributed by atoms with Crippen molar-refractivity contribution in [2.24, 2.45) is 5.73 Å². The lowest BCUT2D eigenvalue weighted by Gasteiger charge is -2.28. The van der Waals surface area contributed by atoms with Gasteiger partial charge in [0.2, 0.25) is 5.91 Å². The number of nitrogens with zero attached hydrogens (tertiary/aromatic N) is 1. The molecule has 1 aliphatic rings. The molecule has 2 N–H and O–H groups in total. The quantitative estimate of drug-likeness (QED) is 0.506. The number of carbonyl (C=O) groups excluding carboxylic acids is 1. The van der Waals surface area contributed by atoms with E-state index in [0.29, 0.717) is 0 Å². The van der Waals surface area contributed by atoms with Gasteiger partial charge in [-0.1, -0.05) is 0 Å². The van der Waals surface area contributed by atoms with Crippen LogP contribution in [0.5, 0.6) is 0 Å². The van der Waals surface area contributed by atoms with Crippen LogP contribution in [-0.4, -0.2) is 29.9 Å². The standard InChI is InChI=1S/C7H13N2O/c1-6(10)9-4-2-7(8)3-5-9/h7H,1-5,8H2. The Balaban J connectivity index is 2.33. The molecule has 1 amide bonds. The predicted octanol–water partition coefficient (Wildman–Crippen LogP) is -0.230. The van der Waals surface area contributed by atoms with Gasteiger partial charge in [-0.15, -0.1) is 0 Å². The van der Waals surface area contributed by atoms with Crippen LogP contribution in [0.4, 0.5) is 0 Å². The van der Waals surface area contributed by atoms with Crippen molar-refractivity contribution in [3.63, 3.8) is 0 Å². The Morgan fingerprint density at radius 1 is 1.50 bits per heavy atom. The van der Waals surface area contributed by atoms with E-state index in [1.807, 2.05) is 0 Å². The molecular formula is C7H13N2O. The van der Waals surface area contributed by atoms with E-state index in [-0.39, 0.29) is 11.9 Å². The zero-order valence-corrected chi connectivity index (χ0v) is 6.05. The van der Waals surface area contributed by atoms with Gasteiger partial charge in [-0.05, 0) is 12.8 Å². The molecule has 1 heterocycles. The second-order valence-corrected chi connectivity index (χ2v) is 2.72. The molecule has 1 aliphatic heterocycles. The molecule has 1 saturated heterocycles. The van der Waals surface area contributed by atoms with Gasteiger partial charge in [0.1, 0.15) is 0 Å². The average molecular weight is 141 g/mol. The third-order valence-electron chi connectivity index (χ3n) is 1.89. The zero-order valence-electron chi connectivity index (χ0n) is 6.05. The summed E-state index contributed by atoms with van der Waals surface area (Å²) in [6.45, 7) is 4.90. The van der Waals surface area contributed by atoms with Crippen molar-refractivity contribution >= 4 is 5.91 Å². The minimum atomic E-state index is -0.0769. The van der Waals surface area contributed by atoms with E-state index in [4.69, 9.17) is 5.73 Å². The summed E-state index contributed by atoms with van der Waals surface area (Å²) in [4.78, 5) is 12.4. The molecule has 3 heteroatoms. The summed E-state index contributed by atoms with van der Waals surface area (Å²) in [5.41, 5.74) is 5.64. The number of amides is 1. The smallest absolute Gasteiger partial charge is 0.223 e. The third kappa shape index (κ3) is 1.70. The summed E-state index contributed by atoms with van der Waals surface area (Å²) < 4.78 is 0. The number of rotatable bonds is 0. The SMILES string of the molecule is [CH2]C(=O)N1CCC(N)CC1. The fourth-order valence-corrected chi connectivity index (χ4v) is 1.15. The first-order chi connectivity index (χ1) is 4.70. The Hall–Kier alpha value is -0.570. The molecule has 0 unspecified atom stereocenters.